The number of rotatable bonds is 4. The third-order valence-corrected chi connectivity index (χ3v) is 4.81. The van der Waals surface area contributed by atoms with E-state index >= 15 is 0 Å². The van der Waals surface area contributed by atoms with Gasteiger partial charge in [-0.05, 0) is 12.1 Å². The Bertz CT molecular complexity index is 525. The summed E-state index contributed by atoms with van der Waals surface area (Å²) in [6.07, 6.45) is 0.0847. The van der Waals surface area contributed by atoms with Crippen LogP contribution in [0.5, 0.6) is 11.5 Å². The first-order valence-electron chi connectivity index (χ1n) is 7.79. The zero-order valence-electron chi connectivity index (χ0n) is 14.4. The summed E-state index contributed by atoms with van der Waals surface area (Å²) in [7, 11) is 3.40. The van der Waals surface area contributed by atoms with Crippen LogP contribution in [0.3, 0.4) is 0 Å². The molecule has 2 heterocycles. The molecule has 2 saturated heterocycles. The highest BCUT2D eigenvalue weighted by atomic mass is 16.5. The second-order valence-corrected chi connectivity index (χ2v) is 7.70. The third-order valence-electron chi connectivity index (χ3n) is 4.81. The van der Waals surface area contributed by atoms with Gasteiger partial charge in [-0.2, -0.15) is 0 Å². The van der Waals surface area contributed by atoms with Crippen molar-refractivity contribution < 1.29 is 18.9 Å². The van der Waals surface area contributed by atoms with Crippen LogP contribution in [-0.2, 0) is 9.47 Å². The van der Waals surface area contributed by atoms with Crippen LogP contribution in [0.2, 0.25) is 0 Å². The Morgan fingerprint density at radius 3 is 1.36 bits per heavy atom. The fourth-order valence-electron chi connectivity index (χ4n) is 3.38. The largest absolute Gasteiger partial charge is 0.496 e. The summed E-state index contributed by atoms with van der Waals surface area (Å²) in [6.45, 7) is 10.4. The van der Waals surface area contributed by atoms with Crippen molar-refractivity contribution in [2.75, 3.05) is 27.4 Å². The minimum absolute atomic E-state index is 0.0423. The quantitative estimate of drug-likeness (QED) is 0.845. The lowest BCUT2D eigenvalue weighted by Gasteiger charge is -2.46. The summed E-state index contributed by atoms with van der Waals surface area (Å²) in [4.78, 5) is 0. The molecule has 1 aromatic rings. The number of benzene rings is 1. The minimum Gasteiger partial charge on any atom is -0.496 e. The Kier molecular flexibility index (Phi) is 3.65. The van der Waals surface area contributed by atoms with E-state index in [0.717, 1.165) is 35.8 Å². The Morgan fingerprint density at radius 2 is 1.18 bits per heavy atom. The summed E-state index contributed by atoms with van der Waals surface area (Å²) in [5, 5.41) is 0. The SMILES string of the molecule is COc1cc(C2OCC2(C)C)c(OC)cc1C1OCC1(C)C. The van der Waals surface area contributed by atoms with Crippen molar-refractivity contribution in [3.05, 3.63) is 23.3 Å². The molecule has 1 aromatic carbocycles. The summed E-state index contributed by atoms with van der Waals surface area (Å²) < 4.78 is 22.8. The topological polar surface area (TPSA) is 36.9 Å². The number of hydrogen-bond acceptors (Lipinski definition) is 4. The standard InChI is InChI=1S/C18H26O4/c1-17(2)9-21-15(17)11-7-14(20-6)12(8-13(11)19-5)16-18(3,4)10-22-16/h7-8,15-16H,9-10H2,1-6H3. The number of hydrogen-bond donors (Lipinski definition) is 0. The molecule has 0 bridgehead atoms. The number of ether oxygens (including phenoxy) is 4. The normalized spacial score (nSPS) is 28.5. The highest BCUT2D eigenvalue weighted by Gasteiger charge is 2.45. The summed E-state index contributed by atoms with van der Waals surface area (Å²) in [6, 6.07) is 4.11. The van der Waals surface area contributed by atoms with Crippen molar-refractivity contribution in [2.45, 2.75) is 39.9 Å². The highest BCUT2D eigenvalue weighted by molar-refractivity contribution is 5.50. The van der Waals surface area contributed by atoms with Crippen LogP contribution in [0.25, 0.3) is 0 Å². The van der Waals surface area contributed by atoms with E-state index in [1.165, 1.54) is 0 Å². The predicted octanol–water partition coefficient (Wildman–Crippen LogP) is 3.90. The summed E-state index contributed by atoms with van der Waals surface area (Å²) in [5.41, 5.74) is 2.34. The van der Waals surface area contributed by atoms with Gasteiger partial charge in [0.15, 0.2) is 0 Å². The Morgan fingerprint density at radius 1 is 0.818 bits per heavy atom. The van der Waals surface area contributed by atoms with Gasteiger partial charge in [-0.25, -0.2) is 0 Å². The van der Waals surface area contributed by atoms with Gasteiger partial charge < -0.3 is 18.9 Å². The predicted molar refractivity (Wildman–Crippen MR) is 84.5 cm³/mol. The van der Waals surface area contributed by atoms with Crippen molar-refractivity contribution in [2.24, 2.45) is 10.8 Å². The maximum absolute atomic E-state index is 5.79. The monoisotopic (exact) mass is 306 g/mol. The fraction of sp³-hybridized carbons (Fsp3) is 0.667. The van der Waals surface area contributed by atoms with Crippen LogP contribution < -0.4 is 9.47 Å². The molecular formula is C18H26O4. The van der Waals surface area contributed by atoms with Crippen LogP contribution in [0, 0.1) is 10.8 Å². The van der Waals surface area contributed by atoms with Gasteiger partial charge >= 0.3 is 0 Å². The average molecular weight is 306 g/mol. The molecule has 0 radical (unpaired) electrons. The molecule has 0 amide bonds. The molecule has 2 atom stereocenters. The van der Waals surface area contributed by atoms with Gasteiger partial charge in [0.05, 0.1) is 39.6 Å². The summed E-state index contributed by atoms with van der Waals surface area (Å²) in [5.74, 6) is 1.69. The van der Waals surface area contributed by atoms with E-state index in [1.807, 2.05) is 0 Å². The van der Waals surface area contributed by atoms with Gasteiger partial charge in [-0.1, -0.05) is 27.7 Å². The van der Waals surface area contributed by atoms with Gasteiger partial charge in [0, 0.05) is 22.0 Å². The molecule has 4 heteroatoms. The molecule has 122 valence electrons. The number of methoxy groups -OCH3 is 2. The molecule has 2 fully saturated rings. The third kappa shape index (κ3) is 2.29. The zero-order valence-corrected chi connectivity index (χ0v) is 14.4. The lowest BCUT2D eigenvalue weighted by molar-refractivity contribution is -0.174. The molecule has 2 aliphatic rings. The molecular weight excluding hydrogens is 280 g/mol. The van der Waals surface area contributed by atoms with Crippen molar-refractivity contribution in [3.8, 4) is 11.5 Å². The van der Waals surface area contributed by atoms with Crippen molar-refractivity contribution in [1.82, 2.24) is 0 Å². The van der Waals surface area contributed by atoms with Crippen molar-refractivity contribution in [3.63, 3.8) is 0 Å². The zero-order chi connectivity index (χ0) is 16.1. The molecule has 2 unspecified atom stereocenters. The average Bonchev–Trinajstić information content (AvgIpc) is 2.46. The summed E-state index contributed by atoms with van der Waals surface area (Å²) >= 11 is 0. The van der Waals surface area contributed by atoms with E-state index in [-0.39, 0.29) is 23.0 Å². The lowest BCUT2D eigenvalue weighted by Crippen LogP contribution is -2.41. The Hall–Kier alpha value is -1.26. The van der Waals surface area contributed by atoms with E-state index in [4.69, 9.17) is 18.9 Å². The van der Waals surface area contributed by atoms with Gasteiger partial charge in [-0.15, -0.1) is 0 Å². The second kappa shape index (κ2) is 5.14. The van der Waals surface area contributed by atoms with Gasteiger partial charge in [0.2, 0.25) is 0 Å². The smallest absolute Gasteiger partial charge is 0.125 e. The minimum atomic E-state index is 0.0423. The van der Waals surface area contributed by atoms with Crippen LogP contribution in [0.1, 0.15) is 51.0 Å². The Labute approximate surface area is 132 Å². The lowest BCUT2D eigenvalue weighted by atomic mass is 9.76. The van der Waals surface area contributed by atoms with Crippen LogP contribution in [0.15, 0.2) is 12.1 Å². The second-order valence-electron chi connectivity index (χ2n) is 7.70. The van der Waals surface area contributed by atoms with E-state index < -0.39 is 0 Å². The van der Waals surface area contributed by atoms with Crippen molar-refractivity contribution >= 4 is 0 Å². The van der Waals surface area contributed by atoms with Crippen molar-refractivity contribution in [1.29, 1.82) is 0 Å². The van der Waals surface area contributed by atoms with E-state index in [1.54, 1.807) is 14.2 Å². The van der Waals surface area contributed by atoms with Crippen LogP contribution in [-0.4, -0.2) is 27.4 Å². The molecule has 22 heavy (non-hydrogen) atoms. The first kappa shape index (κ1) is 15.6. The molecule has 4 nitrogen and oxygen atoms in total. The first-order chi connectivity index (χ1) is 10.3. The molecule has 2 aliphatic heterocycles. The van der Waals surface area contributed by atoms with E-state index in [9.17, 15) is 0 Å². The molecule has 0 saturated carbocycles. The maximum Gasteiger partial charge on any atom is 0.125 e. The molecule has 0 aromatic heterocycles. The highest BCUT2D eigenvalue weighted by Crippen LogP contribution is 2.53. The Balaban J connectivity index is 2.03. The van der Waals surface area contributed by atoms with Gasteiger partial charge in [0.1, 0.15) is 11.5 Å². The van der Waals surface area contributed by atoms with Crippen LogP contribution >= 0.6 is 0 Å². The van der Waals surface area contributed by atoms with Crippen LogP contribution in [0.4, 0.5) is 0 Å². The van der Waals surface area contributed by atoms with E-state index in [0.29, 0.717) is 0 Å². The van der Waals surface area contributed by atoms with Gasteiger partial charge in [-0.3, -0.25) is 0 Å². The maximum atomic E-state index is 5.79. The molecule has 0 aliphatic carbocycles. The fourth-order valence-corrected chi connectivity index (χ4v) is 3.38. The molecule has 0 N–H and O–H groups in total. The van der Waals surface area contributed by atoms with E-state index in [2.05, 4.69) is 39.8 Å². The first-order valence-corrected chi connectivity index (χ1v) is 7.79. The molecule has 3 rings (SSSR count). The van der Waals surface area contributed by atoms with Gasteiger partial charge in [0.25, 0.3) is 0 Å². The molecule has 0 spiro atoms.